The van der Waals surface area contributed by atoms with Crippen LogP contribution in [0.2, 0.25) is 0 Å². The molecule has 0 fully saturated rings. The van der Waals surface area contributed by atoms with Crippen molar-refractivity contribution in [1.82, 2.24) is 4.57 Å². The van der Waals surface area contributed by atoms with E-state index < -0.39 is 0 Å². The smallest absolute Gasteiger partial charge is 0.135 e. The SMILES string of the molecule is C1=CC(N(c2ccc(-c3ccccc3)cc2)c2ccc3oc4ccccc4c3c2)CC=C1n1c2ccccc2c2ccccc21. The van der Waals surface area contributed by atoms with E-state index in [1.165, 1.54) is 38.6 Å². The lowest BCUT2D eigenvalue weighted by atomic mass is 10.0. The van der Waals surface area contributed by atoms with Gasteiger partial charge in [-0.25, -0.2) is 0 Å². The summed E-state index contributed by atoms with van der Waals surface area (Å²) in [6.07, 6.45) is 7.92. The third-order valence-electron chi connectivity index (χ3n) is 9.12. The number of benzene rings is 6. The van der Waals surface area contributed by atoms with E-state index in [1.807, 2.05) is 12.1 Å². The van der Waals surface area contributed by atoms with Crippen LogP contribution in [0.15, 0.2) is 168 Å². The summed E-state index contributed by atoms with van der Waals surface area (Å²) in [6.45, 7) is 0. The Morgan fingerprint density at radius 1 is 0.533 bits per heavy atom. The zero-order valence-corrected chi connectivity index (χ0v) is 24.7. The summed E-state index contributed by atoms with van der Waals surface area (Å²) in [5.74, 6) is 0. The number of anilines is 2. The number of aromatic nitrogens is 1. The van der Waals surface area contributed by atoms with E-state index in [-0.39, 0.29) is 6.04 Å². The van der Waals surface area contributed by atoms with E-state index >= 15 is 0 Å². The van der Waals surface area contributed by atoms with Gasteiger partial charge >= 0.3 is 0 Å². The Kier molecular flexibility index (Phi) is 5.95. The second kappa shape index (κ2) is 10.4. The highest BCUT2D eigenvalue weighted by atomic mass is 16.3. The number of nitrogens with zero attached hydrogens (tertiary/aromatic N) is 2. The number of allylic oxidation sites excluding steroid dienone is 2. The average Bonchev–Trinajstić information content (AvgIpc) is 3.65. The monoisotopic (exact) mass is 578 g/mol. The summed E-state index contributed by atoms with van der Waals surface area (Å²) in [5.41, 5.74) is 10.2. The van der Waals surface area contributed by atoms with E-state index in [0.29, 0.717) is 0 Å². The van der Waals surface area contributed by atoms with Crippen molar-refractivity contribution in [3.8, 4) is 11.1 Å². The van der Waals surface area contributed by atoms with Gasteiger partial charge in [0.15, 0.2) is 0 Å². The van der Waals surface area contributed by atoms with Crippen molar-refractivity contribution < 1.29 is 4.42 Å². The Balaban J connectivity index is 1.14. The Hall–Kier alpha value is -5.80. The van der Waals surface area contributed by atoms with E-state index in [4.69, 9.17) is 4.42 Å². The lowest BCUT2D eigenvalue weighted by Crippen LogP contribution is -2.30. The van der Waals surface area contributed by atoms with Gasteiger partial charge in [-0.2, -0.15) is 0 Å². The van der Waals surface area contributed by atoms with Gasteiger partial charge in [-0.1, -0.05) is 109 Å². The van der Waals surface area contributed by atoms with Crippen LogP contribution in [0.3, 0.4) is 0 Å². The van der Waals surface area contributed by atoms with E-state index in [9.17, 15) is 0 Å². The van der Waals surface area contributed by atoms with Gasteiger partial charge in [-0.05, 0) is 72.2 Å². The molecule has 0 bridgehead atoms. The minimum absolute atomic E-state index is 0.139. The van der Waals surface area contributed by atoms with Gasteiger partial charge in [-0.3, -0.25) is 0 Å². The predicted molar refractivity (Wildman–Crippen MR) is 189 cm³/mol. The van der Waals surface area contributed by atoms with Gasteiger partial charge < -0.3 is 13.9 Å². The first-order valence-corrected chi connectivity index (χ1v) is 15.5. The molecule has 214 valence electrons. The third kappa shape index (κ3) is 4.28. The summed E-state index contributed by atoms with van der Waals surface area (Å²) in [4.78, 5) is 2.46. The number of hydrogen-bond donors (Lipinski definition) is 0. The maximum Gasteiger partial charge on any atom is 0.135 e. The highest BCUT2D eigenvalue weighted by molar-refractivity contribution is 6.10. The third-order valence-corrected chi connectivity index (χ3v) is 9.12. The molecular weight excluding hydrogens is 548 g/mol. The van der Waals surface area contributed by atoms with Crippen LogP contribution in [0.25, 0.3) is 60.6 Å². The molecule has 0 N–H and O–H groups in total. The van der Waals surface area contributed by atoms with Crippen LogP contribution in [-0.2, 0) is 0 Å². The molecule has 1 atom stereocenters. The molecule has 0 saturated carbocycles. The summed E-state index contributed by atoms with van der Waals surface area (Å²) in [7, 11) is 0. The molecule has 2 heterocycles. The number of hydrogen-bond acceptors (Lipinski definition) is 2. The summed E-state index contributed by atoms with van der Waals surface area (Å²) in [5, 5.41) is 4.84. The van der Waals surface area contributed by atoms with Crippen molar-refractivity contribution in [3.05, 3.63) is 164 Å². The molecule has 6 aromatic carbocycles. The minimum Gasteiger partial charge on any atom is -0.456 e. The standard InChI is InChI=1S/C42H30N2O/c1-2-10-29(11-3-1)30-18-20-31(21-19-30)43(34-26-27-42-38(28-34)37-14-6-9-17-41(37)45-42)32-22-24-33(25-23-32)44-39-15-7-4-12-35(39)36-13-5-8-16-40(36)44/h1-22,24-28,32H,23H2. The number of furan rings is 1. The van der Waals surface area contributed by atoms with Gasteiger partial charge in [-0.15, -0.1) is 0 Å². The summed E-state index contributed by atoms with van der Waals surface area (Å²) in [6, 6.07) is 52.0. The molecule has 9 rings (SSSR count). The van der Waals surface area contributed by atoms with Crippen molar-refractivity contribution in [2.24, 2.45) is 0 Å². The van der Waals surface area contributed by atoms with Crippen LogP contribution in [0.1, 0.15) is 6.42 Å². The quantitative estimate of drug-likeness (QED) is 0.203. The maximum atomic E-state index is 6.18. The first-order valence-electron chi connectivity index (χ1n) is 15.5. The molecule has 0 aliphatic heterocycles. The highest BCUT2D eigenvalue weighted by Gasteiger charge is 2.23. The molecule has 0 radical (unpaired) electrons. The van der Waals surface area contributed by atoms with Crippen molar-refractivity contribution in [1.29, 1.82) is 0 Å². The first-order chi connectivity index (χ1) is 22.3. The van der Waals surface area contributed by atoms with Gasteiger partial charge in [0.05, 0.1) is 17.1 Å². The molecule has 2 aromatic heterocycles. The molecule has 0 amide bonds. The van der Waals surface area contributed by atoms with E-state index in [1.54, 1.807) is 0 Å². The zero-order chi connectivity index (χ0) is 29.7. The summed E-state index contributed by atoms with van der Waals surface area (Å²) < 4.78 is 8.59. The topological polar surface area (TPSA) is 21.3 Å². The second-order valence-electron chi connectivity index (χ2n) is 11.7. The van der Waals surface area contributed by atoms with Crippen molar-refractivity contribution in [3.63, 3.8) is 0 Å². The Labute approximate surface area is 261 Å². The van der Waals surface area contributed by atoms with Crippen molar-refractivity contribution in [2.45, 2.75) is 12.5 Å². The molecule has 3 nitrogen and oxygen atoms in total. The van der Waals surface area contributed by atoms with Crippen molar-refractivity contribution in [2.75, 3.05) is 4.90 Å². The molecule has 8 aromatic rings. The predicted octanol–water partition coefficient (Wildman–Crippen LogP) is 11.4. The largest absolute Gasteiger partial charge is 0.456 e. The number of para-hydroxylation sites is 3. The lowest BCUT2D eigenvalue weighted by molar-refractivity contribution is 0.669. The Morgan fingerprint density at radius 2 is 1.13 bits per heavy atom. The lowest BCUT2D eigenvalue weighted by Gasteiger charge is -2.33. The fraction of sp³-hybridized carbons (Fsp3) is 0.0476. The number of fused-ring (bicyclic) bond motifs is 6. The molecular formula is C42H30N2O. The molecule has 45 heavy (non-hydrogen) atoms. The fourth-order valence-electron chi connectivity index (χ4n) is 7.00. The van der Waals surface area contributed by atoms with Crippen molar-refractivity contribution >= 4 is 60.8 Å². The van der Waals surface area contributed by atoms with Gasteiger partial charge in [0.2, 0.25) is 0 Å². The molecule has 0 spiro atoms. The Morgan fingerprint density at radius 3 is 1.84 bits per heavy atom. The van der Waals surface area contributed by atoms with Gasteiger partial charge in [0.1, 0.15) is 11.2 Å². The van der Waals surface area contributed by atoms with Crippen LogP contribution in [-0.4, -0.2) is 10.6 Å². The fourth-order valence-corrected chi connectivity index (χ4v) is 7.00. The maximum absolute atomic E-state index is 6.18. The van der Waals surface area contributed by atoms with Crippen LogP contribution in [0.5, 0.6) is 0 Å². The molecule has 0 saturated heterocycles. The zero-order valence-electron chi connectivity index (χ0n) is 24.7. The second-order valence-corrected chi connectivity index (χ2v) is 11.7. The highest BCUT2D eigenvalue weighted by Crippen LogP contribution is 2.39. The number of rotatable bonds is 5. The molecule has 1 aliphatic rings. The molecule has 1 unspecified atom stereocenters. The average molecular weight is 579 g/mol. The van der Waals surface area contributed by atoms with Gasteiger partial charge in [0.25, 0.3) is 0 Å². The molecule has 1 aliphatic carbocycles. The van der Waals surface area contributed by atoms with Crippen LogP contribution >= 0.6 is 0 Å². The van der Waals surface area contributed by atoms with Crippen LogP contribution in [0, 0.1) is 0 Å². The van der Waals surface area contributed by atoms with Crippen LogP contribution < -0.4 is 4.90 Å². The molecule has 3 heteroatoms. The summed E-state index contributed by atoms with van der Waals surface area (Å²) >= 11 is 0. The first kappa shape index (κ1) is 25.7. The minimum atomic E-state index is 0.139. The van der Waals surface area contributed by atoms with Crippen LogP contribution in [0.4, 0.5) is 11.4 Å². The van der Waals surface area contributed by atoms with E-state index in [2.05, 4.69) is 161 Å². The Bertz CT molecular complexity index is 2350. The van der Waals surface area contributed by atoms with E-state index in [0.717, 1.165) is 39.7 Å². The van der Waals surface area contributed by atoms with Gasteiger partial charge in [0, 0.05) is 38.6 Å². The normalized spacial score (nSPS) is 14.8.